The second kappa shape index (κ2) is 6.39. The van der Waals surface area contributed by atoms with Crippen LogP contribution in [0.1, 0.15) is 0 Å². The van der Waals surface area contributed by atoms with Crippen LogP contribution in [0.15, 0.2) is 36.5 Å². The number of rotatable bonds is 2. The van der Waals surface area contributed by atoms with Crippen LogP contribution in [0.25, 0.3) is 0 Å². The van der Waals surface area contributed by atoms with Gasteiger partial charge in [0.1, 0.15) is 0 Å². The molecule has 0 saturated carbocycles. The van der Waals surface area contributed by atoms with Crippen molar-refractivity contribution in [3.8, 4) is 0 Å². The number of halogens is 3. The molecule has 0 atom stereocenters. The summed E-state index contributed by atoms with van der Waals surface area (Å²) in [6, 6.07) is 8.60. The van der Waals surface area contributed by atoms with Gasteiger partial charge in [-0.3, -0.25) is 0 Å². The Morgan fingerprint density at radius 2 is 1.74 bits per heavy atom. The van der Waals surface area contributed by atoms with Crippen molar-refractivity contribution in [2.75, 3.05) is 10.6 Å². The maximum absolute atomic E-state index is 5.92. The second-order valence-corrected chi connectivity index (χ2v) is 5.22. The fourth-order valence-electron chi connectivity index (χ4n) is 1.39. The van der Waals surface area contributed by atoms with Gasteiger partial charge in [0, 0.05) is 21.9 Å². The molecule has 0 aliphatic heterocycles. The zero-order valence-electron chi connectivity index (χ0n) is 9.45. The van der Waals surface area contributed by atoms with Crippen LogP contribution in [0.4, 0.5) is 11.4 Å². The van der Waals surface area contributed by atoms with Crippen LogP contribution >= 0.6 is 47.0 Å². The van der Waals surface area contributed by atoms with Gasteiger partial charge in [-0.1, -0.05) is 34.8 Å². The average Bonchev–Trinajstić information content (AvgIpc) is 2.30. The molecule has 2 aromatic rings. The summed E-state index contributed by atoms with van der Waals surface area (Å²) in [6.45, 7) is 0. The van der Waals surface area contributed by atoms with E-state index in [9.17, 15) is 0 Å². The number of aromatic nitrogens is 1. The lowest BCUT2D eigenvalue weighted by Gasteiger charge is -2.11. The number of thiocarbonyl (C=S) groups is 1. The van der Waals surface area contributed by atoms with Gasteiger partial charge in [0.2, 0.25) is 0 Å². The topological polar surface area (TPSA) is 37.0 Å². The Kier molecular flexibility index (Phi) is 4.82. The average molecular weight is 333 g/mol. The molecule has 1 aromatic carbocycles. The summed E-state index contributed by atoms with van der Waals surface area (Å²) in [5, 5.41) is 7.66. The number of pyridine rings is 1. The van der Waals surface area contributed by atoms with Crippen LogP contribution in [0.2, 0.25) is 15.2 Å². The van der Waals surface area contributed by atoms with Gasteiger partial charge in [-0.25, -0.2) is 4.98 Å². The van der Waals surface area contributed by atoms with Gasteiger partial charge >= 0.3 is 0 Å². The summed E-state index contributed by atoms with van der Waals surface area (Å²) >= 11 is 22.9. The molecule has 2 N–H and O–H groups in total. The van der Waals surface area contributed by atoms with E-state index in [-0.39, 0.29) is 0 Å². The first-order valence-corrected chi connectivity index (χ1v) is 6.73. The van der Waals surface area contributed by atoms with Crippen molar-refractivity contribution in [3.05, 3.63) is 51.7 Å². The molecule has 0 fully saturated rings. The third-order valence-corrected chi connectivity index (χ3v) is 3.07. The number of anilines is 2. The van der Waals surface area contributed by atoms with Gasteiger partial charge < -0.3 is 10.6 Å². The zero-order valence-corrected chi connectivity index (χ0v) is 12.5. The van der Waals surface area contributed by atoms with Crippen molar-refractivity contribution >= 4 is 63.5 Å². The summed E-state index contributed by atoms with van der Waals surface area (Å²) in [5.74, 6) is 0. The summed E-state index contributed by atoms with van der Waals surface area (Å²) < 4.78 is 0. The van der Waals surface area contributed by atoms with Gasteiger partial charge in [0.25, 0.3) is 0 Å². The smallest absolute Gasteiger partial charge is 0.175 e. The number of hydrogen-bond acceptors (Lipinski definition) is 2. The monoisotopic (exact) mass is 331 g/mol. The molecule has 0 spiro atoms. The molecule has 0 aliphatic rings. The first-order chi connectivity index (χ1) is 9.04. The van der Waals surface area contributed by atoms with E-state index in [1.165, 1.54) is 0 Å². The van der Waals surface area contributed by atoms with Gasteiger partial charge in [-0.05, 0) is 42.5 Å². The Labute approximate surface area is 130 Å². The minimum atomic E-state index is 0.343. The molecule has 3 nitrogen and oxygen atoms in total. The van der Waals surface area contributed by atoms with Gasteiger partial charge in [-0.2, -0.15) is 0 Å². The molecule has 1 heterocycles. The fraction of sp³-hybridized carbons (Fsp3) is 0. The van der Waals surface area contributed by atoms with Crippen LogP contribution in [0.3, 0.4) is 0 Å². The van der Waals surface area contributed by atoms with Crippen molar-refractivity contribution in [2.24, 2.45) is 0 Å². The van der Waals surface area contributed by atoms with Gasteiger partial charge in [0.15, 0.2) is 10.3 Å². The van der Waals surface area contributed by atoms with E-state index in [1.807, 2.05) is 0 Å². The number of nitrogens with zero attached hydrogens (tertiary/aromatic N) is 1. The molecule has 98 valence electrons. The molecule has 1 aromatic heterocycles. The maximum Gasteiger partial charge on any atom is 0.175 e. The number of hydrogen-bond donors (Lipinski definition) is 2. The predicted octanol–water partition coefficient (Wildman–Crippen LogP) is 4.85. The van der Waals surface area contributed by atoms with E-state index in [4.69, 9.17) is 47.0 Å². The highest BCUT2D eigenvalue weighted by atomic mass is 35.5. The Bertz CT molecular complexity index is 599. The minimum Gasteiger partial charge on any atom is -0.332 e. The van der Waals surface area contributed by atoms with Crippen LogP contribution in [0.5, 0.6) is 0 Å². The Hall–Kier alpha value is -1.07. The van der Waals surface area contributed by atoms with E-state index < -0.39 is 0 Å². The van der Waals surface area contributed by atoms with Crippen molar-refractivity contribution in [1.29, 1.82) is 0 Å². The van der Waals surface area contributed by atoms with Crippen molar-refractivity contribution in [2.45, 2.75) is 0 Å². The van der Waals surface area contributed by atoms with Gasteiger partial charge in [0.05, 0.1) is 5.69 Å². The lowest BCUT2D eigenvalue weighted by Crippen LogP contribution is -2.19. The van der Waals surface area contributed by atoms with Crippen LogP contribution in [-0.2, 0) is 0 Å². The molecule has 19 heavy (non-hydrogen) atoms. The van der Waals surface area contributed by atoms with Gasteiger partial charge in [-0.15, -0.1) is 0 Å². The van der Waals surface area contributed by atoms with Crippen LogP contribution in [0, 0.1) is 0 Å². The van der Waals surface area contributed by atoms with Crippen molar-refractivity contribution in [3.63, 3.8) is 0 Å². The van der Waals surface area contributed by atoms with E-state index in [0.717, 1.165) is 0 Å². The zero-order chi connectivity index (χ0) is 13.8. The molecule has 0 aliphatic carbocycles. The van der Waals surface area contributed by atoms with Crippen LogP contribution in [-0.4, -0.2) is 10.1 Å². The molecule has 7 heteroatoms. The van der Waals surface area contributed by atoms with Crippen LogP contribution < -0.4 is 10.6 Å². The van der Waals surface area contributed by atoms with E-state index >= 15 is 0 Å². The Morgan fingerprint density at radius 3 is 2.37 bits per heavy atom. The normalized spacial score (nSPS) is 10.1. The number of nitrogens with one attached hydrogen (secondary N) is 2. The summed E-state index contributed by atoms with van der Waals surface area (Å²) in [4.78, 5) is 3.94. The third-order valence-electron chi connectivity index (χ3n) is 2.13. The minimum absolute atomic E-state index is 0.343. The Morgan fingerprint density at radius 1 is 1.05 bits per heavy atom. The molecule has 0 saturated heterocycles. The fourth-order valence-corrected chi connectivity index (χ4v) is 2.31. The molecular formula is C12H8Cl3N3S. The SMILES string of the molecule is S=C(Nc1cc(Cl)cc(Cl)c1)Nc1cccnc1Cl. The summed E-state index contributed by atoms with van der Waals surface area (Å²) in [5.41, 5.74) is 1.31. The molecular weight excluding hydrogens is 325 g/mol. The molecule has 0 unspecified atom stereocenters. The highest BCUT2D eigenvalue weighted by Crippen LogP contribution is 2.23. The maximum atomic E-state index is 5.92. The Balaban J connectivity index is 2.07. The second-order valence-electron chi connectivity index (χ2n) is 3.58. The summed E-state index contributed by atoms with van der Waals surface area (Å²) in [6.07, 6.45) is 1.60. The highest BCUT2D eigenvalue weighted by molar-refractivity contribution is 7.80. The quantitative estimate of drug-likeness (QED) is 0.609. The van der Waals surface area contributed by atoms with E-state index in [1.54, 1.807) is 36.5 Å². The van der Waals surface area contributed by atoms with E-state index in [0.29, 0.717) is 31.7 Å². The predicted molar refractivity (Wildman–Crippen MR) is 85.6 cm³/mol. The molecule has 0 bridgehead atoms. The number of benzene rings is 1. The first kappa shape index (κ1) is 14.3. The third kappa shape index (κ3) is 4.21. The van der Waals surface area contributed by atoms with E-state index in [2.05, 4.69) is 15.6 Å². The lowest BCUT2D eigenvalue weighted by atomic mass is 10.3. The highest BCUT2D eigenvalue weighted by Gasteiger charge is 2.04. The van der Waals surface area contributed by atoms with Crippen molar-refractivity contribution < 1.29 is 0 Å². The summed E-state index contributed by atoms with van der Waals surface area (Å²) in [7, 11) is 0. The molecule has 0 radical (unpaired) electrons. The molecule has 0 amide bonds. The molecule has 2 rings (SSSR count). The lowest BCUT2D eigenvalue weighted by molar-refractivity contribution is 1.33. The van der Waals surface area contributed by atoms with Crippen molar-refractivity contribution in [1.82, 2.24) is 4.98 Å². The first-order valence-electron chi connectivity index (χ1n) is 5.19. The largest absolute Gasteiger partial charge is 0.332 e. The standard InChI is InChI=1S/C12H8Cl3N3S/c13-7-4-8(14)6-9(5-7)17-12(19)18-10-2-1-3-16-11(10)15/h1-6H,(H2,17,18,19).